The van der Waals surface area contributed by atoms with Gasteiger partial charge in [-0.2, -0.15) is 0 Å². The van der Waals surface area contributed by atoms with Gasteiger partial charge in [0, 0.05) is 38.2 Å². The van der Waals surface area contributed by atoms with E-state index in [4.69, 9.17) is 17.3 Å². The Morgan fingerprint density at radius 2 is 2.14 bits per heavy atom. The average Bonchev–Trinajstić information content (AvgIpc) is 2.65. The summed E-state index contributed by atoms with van der Waals surface area (Å²) >= 11 is 5.83. The first-order valence-corrected chi connectivity index (χ1v) is 6.57. The summed E-state index contributed by atoms with van der Waals surface area (Å²) in [7, 11) is 0. The number of benzene rings is 1. The van der Waals surface area contributed by atoms with Gasteiger partial charge in [0.1, 0.15) is 0 Å². The highest BCUT2D eigenvalue weighted by Gasteiger charge is 2.24. The minimum Gasteiger partial charge on any atom is -0.397 e. The number of nitro benzene ring substituents is 1. The lowest BCUT2D eigenvalue weighted by atomic mass is 10.1. The third-order valence-corrected chi connectivity index (χ3v) is 3.47. The van der Waals surface area contributed by atoms with Crippen molar-refractivity contribution in [1.29, 1.82) is 0 Å². The van der Waals surface area contributed by atoms with Crippen LogP contribution >= 0.6 is 11.6 Å². The molecule has 0 atom stereocenters. The molecule has 0 saturated carbocycles. The Kier molecular flexibility index (Phi) is 4.27. The molecule has 1 aromatic carbocycles. The number of hydrogen-bond acceptors (Lipinski definition) is 5. The minimum atomic E-state index is -0.643. The number of nitrogens with two attached hydrogens (primary N) is 1. The van der Waals surface area contributed by atoms with Crippen molar-refractivity contribution < 1.29 is 14.5 Å². The van der Waals surface area contributed by atoms with E-state index in [1.54, 1.807) is 0 Å². The molecule has 0 aromatic heterocycles. The Bertz CT molecular complexity index is 620. The van der Waals surface area contributed by atoms with Crippen molar-refractivity contribution in [2.24, 2.45) is 0 Å². The zero-order valence-corrected chi connectivity index (χ0v) is 11.7. The predicted molar refractivity (Wildman–Crippen MR) is 76.0 cm³/mol. The van der Waals surface area contributed by atoms with Gasteiger partial charge in [0.15, 0.2) is 0 Å². The Morgan fingerprint density at radius 1 is 1.43 bits per heavy atom. The van der Waals surface area contributed by atoms with E-state index in [1.165, 1.54) is 4.90 Å². The normalized spacial score (nSPS) is 15.3. The molecule has 0 radical (unpaired) electrons. The molecule has 1 fully saturated rings. The molecule has 21 heavy (non-hydrogen) atoms. The summed E-state index contributed by atoms with van der Waals surface area (Å²) in [4.78, 5) is 35.3. The van der Waals surface area contributed by atoms with Gasteiger partial charge in [-0.25, -0.2) is 0 Å². The number of amides is 2. The van der Waals surface area contributed by atoms with Gasteiger partial charge in [-0.15, -0.1) is 0 Å². The first-order chi connectivity index (χ1) is 9.90. The second-order valence-electron chi connectivity index (χ2n) is 4.54. The topological polar surface area (TPSA) is 119 Å². The van der Waals surface area contributed by atoms with E-state index in [0.717, 1.165) is 12.1 Å². The number of halogens is 1. The molecule has 1 aliphatic rings. The summed E-state index contributed by atoms with van der Waals surface area (Å²) in [6, 6.07) is 2.20. The number of nitrogen functional groups attached to an aromatic ring is 1. The molecule has 9 heteroatoms. The largest absolute Gasteiger partial charge is 0.397 e. The fourth-order valence-corrected chi connectivity index (χ4v) is 2.24. The van der Waals surface area contributed by atoms with Crippen molar-refractivity contribution >= 4 is 34.8 Å². The number of anilines is 1. The summed E-state index contributed by atoms with van der Waals surface area (Å²) in [6.45, 7) is 0.863. The molecule has 1 aromatic rings. The van der Waals surface area contributed by atoms with Gasteiger partial charge in [-0.1, -0.05) is 11.6 Å². The van der Waals surface area contributed by atoms with E-state index in [9.17, 15) is 19.7 Å². The van der Waals surface area contributed by atoms with E-state index in [0.29, 0.717) is 13.1 Å². The molecule has 8 nitrogen and oxygen atoms in total. The molecule has 1 aliphatic heterocycles. The maximum absolute atomic E-state index is 12.4. The molecule has 1 heterocycles. The highest BCUT2D eigenvalue weighted by molar-refractivity contribution is 6.34. The molecule has 0 aliphatic carbocycles. The number of non-ortho nitro benzene ring substituents is 1. The molecule has 0 unspecified atom stereocenters. The molecule has 2 rings (SSSR count). The fraction of sp³-hybridized carbons (Fsp3) is 0.333. The van der Waals surface area contributed by atoms with Crippen LogP contribution < -0.4 is 11.1 Å². The zero-order chi connectivity index (χ0) is 15.6. The standard InChI is InChI=1S/C12H13ClN4O4/c13-9-6-7(17(20)21)5-8(11(9)14)12(19)16-3-1-10(18)15-2-4-16/h5-6H,1-4,14H2,(H,15,18). The van der Waals surface area contributed by atoms with Crippen molar-refractivity contribution in [2.75, 3.05) is 25.4 Å². The third kappa shape index (κ3) is 3.22. The first kappa shape index (κ1) is 15.0. The zero-order valence-electron chi connectivity index (χ0n) is 11.0. The van der Waals surface area contributed by atoms with Gasteiger partial charge in [-0.3, -0.25) is 19.7 Å². The molecular weight excluding hydrogens is 300 g/mol. The smallest absolute Gasteiger partial charge is 0.271 e. The molecule has 3 N–H and O–H groups in total. The van der Waals surface area contributed by atoms with Crippen LogP contribution in [0.25, 0.3) is 0 Å². The second-order valence-corrected chi connectivity index (χ2v) is 4.95. The van der Waals surface area contributed by atoms with Crippen LogP contribution in [0.3, 0.4) is 0 Å². The summed E-state index contributed by atoms with van der Waals surface area (Å²) in [5, 5.41) is 13.4. The van der Waals surface area contributed by atoms with Crippen molar-refractivity contribution in [1.82, 2.24) is 10.2 Å². The summed E-state index contributed by atoms with van der Waals surface area (Å²) in [5.74, 6) is -0.620. The Balaban J connectivity index is 2.34. The molecule has 1 saturated heterocycles. The highest BCUT2D eigenvalue weighted by atomic mass is 35.5. The van der Waals surface area contributed by atoms with Gasteiger partial charge in [0.25, 0.3) is 11.6 Å². The summed E-state index contributed by atoms with van der Waals surface area (Å²) in [6.07, 6.45) is 0.175. The quantitative estimate of drug-likeness (QED) is 0.475. The fourth-order valence-electron chi connectivity index (χ4n) is 2.03. The van der Waals surface area contributed by atoms with E-state index < -0.39 is 10.8 Å². The maximum Gasteiger partial charge on any atom is 0.271 e. The number of hydrogen-bond donors (Lipinski definition) is 2. The Hall–Kier alpha value is -2.35. The van der Waals surface area contributed by atoms with Crippen LogP contribution in [0.5, 0.6) is 0 Å². The number of nitrogens with zero attached hydrogens (tertiary/aromatic N) is 2. The number of rotatable bonds is 2. The third-order valence-electron chi connectivity index (χ3n) is 3.16. The molecule has 112 valence electrons. The average molecular weight is 313 g/mol. The van der Waals surface area contributed by atoms with Crippen LogP contribution in [0.1, 0.15) is 16.8 Å². The van der Waals surface area contributed by atoms with Gasteiger partial charge < -0.3 is 16.0 Å². The minimum absolute atomic E-state index is 0.00389. The number of nitrogens with one attached hydrogen (secondary N) is 1. The lowest BCUT2D eigenvalue weighted by molar-refractivity contribution is -0.384. The van der Waals surface area contributed by atoms with E-state index >= 15 is 0 Å². The van der Waals surface area contributed by atoms with Crippen LogP contribution in [0.2, 0.25) is 5.02 Å². The first-order valence-electron chi connectivity index (χ1n) is 6.19. The lowest BCUT2D eigenvalue weighted by Crippen LogP contribution is -2.34. The molecule has 0 bridgehead atoms. The van der Waals surface area contributed by atoms with Crippen molar-refractivity contribution in [2.45, 2.75) is 6.42 Å². The van der Waals surface area contributed by atoms with E-state index in [1.807, 2.05) is 0 Å². The SMILES string of the molecule is Nc1c(Cl)cc([N+](=O)[O-])cc1C(=O)N1CCNC(=O)CC1. The number of carbonyl (C=O) groups excluding carboxylic acids is 2. The van der Waals surface area contributed by atoms with E-state index in [2.05, 4.69) is 5.32 Å². The number of nitro groups is 1. The molecule has 0 spiro atoms. The predicted octanol–water partition coefficient (Wildman–Crippen LogP) is 0.792. The summed E-state index contributed by atoms with van der Waals surface area (Å²) in [5.41, 5.74) is 5.41. The Morgan fingerprint density at radius 3 is 2.81 bits per heavy atom. The second kappa shape index (κ2) is 5.96. The van der Waals surface area contributed by atoms with Crippen LogP contribution in [-0.2, 0) is 4.79 Å². The highest BCUT2D eigenvalue weighted by Crippen LogP contribution is 2.29. The van der Waals surface area contributed by atoms with Gasteiger partial charge in [0.05, 0.1) is 21.2 Å². The number of carbonyl (C=O) groups is 2. The van der Waals surface area contributed by atoms with Crippen molar-refractivity contribution in [3.05, 3.63) is 32.8 Å². The van der Waals surface area contributed by atoms with Crippen LogP contribution in [0, 0.1) is 10.1 Å². The van der Waals surface area contributed by atoms with Gasteiger partial charge in [-0.05, 0) is 0 Å². The summed E-state index contributed by atoms with van der Waals surface area (Å²) < 4.78 is 0. The monoisotopic (exact) mass is 312 g/mol. The van der Waals surface area contributed by atoms with E-state index in [-0.39, 0.29) is 40.8 Å². The van der Waals surface area contributed by atoms with Crippen molar-refractivity contribution in [3.63, 3.8) is 0 Å². The Labute approximate surface area is 125 Å². The van der Waals surface area contributed by atoms with Gasteiger partial charge in [0.2, 0.25) is 5.91 Å². The molecule has 2 amide bonds. The van der Waals surface area contributed by atoms with Gasteiger partial charge >= 0.3 is 0 Å². The van der Waals surface area contributed by atoms with Crippen molar-refractivity contribution in [3.8, 4) is 0 Å². The van der Waals surface area contributed by atoms with Crippen LogP contribution in [0.4, 0.5) is 11.4 Å². The lowest BCUT2D eigenvalue weighted by Gasteiger charge is -2.20. The maximum atomic E-state index is 12.4. The van der Waals surface area contributed by atoms with Crippen LogP contribution in [-0.4, -0.2) is 41.3 Å². The molecular formula is C12H13ClN4O4. The van der Waals surface area contributed by atoms with Crippen LogP contribution in [0.15, 0.2) is 12.1 Å².